The molecule has 0 amide bonds. The number of hydrogen-bond donors (Lipinski definition) is 0. The van der Waals surface area contributed by atoms with Crippen LogP contribution in [0.3, 0.4) is 0 Å². The molecule has 2 unspecified atom stereocenters. The monoisotopic (exact) mass is 103 g/mol. The predicted octanol–water partition coefficient (Wildman–Crippen LogP) is 0.617. The normalized spacial score (nSPS) is 44.6. The minimum atomic E-state index is 0. The van der Waals surface area contributed by atoms with Gasteiger partial charge in [-0.2, -0.15) is 0 Å². The SMILES string of the molecule is C1CC2CN2C1.F. The van der Waals surface area contributed by atoms with Gasteiger partial charge in [0.25, 0.3) is 0 Å². The number of fused-ring (bicyclic) bond motifs is 1. The number of hydrogen-bond acceptors (Lipinski definition) is 1. The topological polar surface area (TPSA) is 3.01 Å². The quantitative estimate of drug-likeness (QED) is 0.406. The largest absolute Gasteiger partial charge is 0.298 e. The van der Waals surface area contributed by atoms with Crippen LogP contribution >= 0.6 is 0 Å². The second kappa shape index (κ2) is 1.44. The number of halogens is 1. The summed E-state index contributed by atoms with van der Waals surface area (Å²) in [6.45, 7) is 2.81. The van der Waals surface area contributed by atoms with Crippen LogP contribution in [0.4, 0.5) is 4.70 Å². The second-order valence-corrected chi connectivity index (χ2v) is 2.29. The molecular formula is C5H10FN. The Kier molecular flexibility index (Phi) is 1.04. The van der Waals surface area contributed by atoms with E-state index in [4.69, 9.17) is 0 Å². The lowest BCUT2D eigenvalue weighted by atomic mass is 10.3. The van der Waals surface area contributed by atoms with Gasteiger partial charge in [-0.25, -0.2) is 0 Å². The van der Waals surface area contributed by atoms with Crippen molar-refractivity contribution in [3.05, 3.63) is 0 Å². The highest BCUT2D eigenvalue weighted by Crippen LogP contribution is 2.28. The maximum absolute atomic E-state index is 2.53. The van der Waals surface area contributed by atoms with Gasteiger partial charge < -0.3 is 0 Å². The lowest BCUT2D eigenvalue weighted by Crippen LogP contribution is -1.90. The molecular weight excluding hydrogens is 93.1 g/mol. The molecule has 0 N–H and O–H groups in total. The van der Waals surface area contributed by atoms with Crippen LogP contribution in [0.25, 0.3) is 0 Å². The lowest BCUT2D eigenvalue weighted by Gasteiger charge is -1.83. The van der Waals surface area contributed by atoms with E-state index in [0.29, 0.717) is 0 Å². The molecule has 1 nitrogen and oxygen atoms in total. The molecule has 2 saturated heterocycles. The Hall–Kier alpha value is -0.110. The lowest BCUT2D eigenvalue weighted by molar-refractivity contribution is 0.593. The van der Waals surface area contributed by atoms with Gasteiger partial charge >= 0.3 is 0 Å². The molecule has 2 aliphatic heterocycles. The van der Waals surface area contributed by atoms with E-state index in [0.717, 1.165) is 6.04 Å². The van der Waals surface area contributed by atoms with E-state index in [1.807, 2.05) is 0 Å². The molecule has 42 valence electrons. The molecule has 0 saturated carbocycles. The first-order valence-electron chi connectivity index (χ1n) is 2.71. The Morgan fingerprint density at radius 1 is 1.43 bits per heavy atom. The second-order valence-electron chi connectivity index (χ2n) is 2.29. The molecule has 0 aliphatic carbocycles. The standard InChI is InChI=1S/C5H9N.FH/c1-2-5-4-6(5)3-1;/h5H,1-4H2;1H. The van der Waals surface area contributed by atoms with Gasteiger partial charge in [-0.05, 0) is 19.4 Å². The third kappa shape index (κ3) is 0.630. The van der Waals surface area contributed by atoms with Crippen LogP contribution in [-0.4, -0.2) is 24.0 Å². The summed E-state index contributed by atoms with van der Waals surface area (Å²) < 4.78 is 0. The highest BCUT2D eigenvalue weighted by Gasteiger charge is 2.37. The number of rotatable bonds is 0. The summed E-state index contributed by atoms with van der Waals surface area (Å²) in [7, 11) is 0. The molecule has 2 aliphatic rings. The summed E-state index contributed by atoms with van der Waals surface area (Å²) >= 11 is 0. The van der Waals surface area contributed by atoms with E-state index in [9.17, 15) is 0 Å². The Morgan fingerprint density at radius 3 is 2.43 bits per heavy atom. The van der Waals surface area contributed by atoms with E-state index in [1.165, 1.54) is 25.9 Å². The van der Waals surface area contributed by atoms with Crippen LogP contribution in [-0.2, 0) is 0 Å². The number of piperidine rings is 1. The minimum absolute atomic E-state index is 0. The van der Waals surface area contributed by atoms with Gasteiger partial charge in [0.1, 0.15) is 0 Å². The summed E-state index contributed by atoms with van der Waals surface area (Å²) in [6, 6.07) is 1.05. The van der Waals surface area contributed by atoms with Crippen molar-refractivity contribution in [3.8, 4) is 0 Å². The molecule has 0 aromatic heterocycles. The first kappa shape index (κ1) is 5.04. The molecule has 7 heavy (non-hydrogen) atoms. The average molecular weight is 103 g/mol. The van der Waals surface area contributed by atoms with Gasteiger partial charge in [0.15, 0.2) is 0 Å². The Balaban J connectivity index is 0.000000245. The first-order chi connectivity index (χ1) is 2.97. The van der Waals surface area contributed by atoms with E-state index in [-0.39, 0.29) is 4.70 Å². The van der Waals surface area contributed by atoms with Crippen LogP contribution in [0.5, 0.6) is 0 Å². The number of nitrogens with zero attached hydrogens (tertiary/aromatic N) is 1. The van der Waals surface area contributed by atoms with Crippen molar-refractivity contribution in [2.24, 2.45) is 0 Å². The van der Waals surface area contributed by atoms with Gasteiger partial charge in [-0.15, -0.1) is 0 Å². The molecule has 0 spiro atoms. The Labute approximate surface area is 42.7 Å². The molecule has 0 bridgehead atoms. The molecule has 0 radical (unpaired) electrons. The fourth-order valence-electron chi connectivity index (χ4n) is 1.30. The summed E-state index contributed by atoms with van der Waals surface area (Å²) in [5, 5.41) is 0. The molecule has 2 rings (SSSR count). The zero-order chi connectivity index (χ0) is 3.98. The first-order valence-corrected chi connectivity index (χ1v) is 2.71. The fraction of sp³-hybridized carbons (Fsp3) is 1.00. The summed E-state index contributed by atoms with van der Waals surface area (Å²) in [4.78, 5) is 2.53. The van der Waals surface area contributed by atoms with Crippen molar-refractivity contribution in [3.63, 3.8) is 0 Å². The summed E-state index contributed by atoms with van der Waals surface area (Å²) in [5.41, 5.74) is 0. The maximum atomic E-state index is 2.53. The van der Waals surface area contributed by atoms with Crippen LogP contribution < -0.4 is 0 Å². The average Bonchev–Trinajstić information content (AvgIpc) is 2.17. The van der Waals surface area contributed by atoms with Crippen molar-refractivity contribution in [1.82, 2.24) is 4.90 Å². The third-order valence-corrected chi connectivity index (χ3v) is 1.81. The molecule has 2 atom stereocenters. The molecule has 0 aromatic carbocycles. The summed E-state index contributed by atoms with van der Waals surface area (Å²) in [5.74, 6) is 0. The fourth-order valence-corrected chi connectivity index (χ4v) is 1.30. The van der Waals surface area contributed by atoms with E-state index < -0.39 is 0 Å². The predicted molar refractivity (Wildman–Crippen MR) is 27.1 cm³/mol. The maximum Gasteiger partial charge on any atom is 0.0224 e. The summed E-state index contributed by atoms with van der Waals surface area (Å²) in [6.07, 6.45) is 2.95. The van der Waals surface area contributed by atoms with Crippen molar-refractivity contribution in [2.75, 3.05) is 13.1 Å². The molecule has 2 heterocycles. The van der Waals surface area contributed by atoms with Crippen LogP contribution in [0.1, 0.15) is 12.8 Å². The van der Waals surface area contributed by atoms with Gasteiger partial charge in [-0.1, -0.05) is 0 Å². The minimum Gasteiger partial charge on any atom is -0.298 e. The van der Waals surface area contributed by atoms with Gasteiger partial charge in [0.2, 0.25) is 0 Å². The third-order valence-electron chi connectivity index (χ3n) is 1.81. The molecule has 2 fully saturated rings. The smallest absolute Gasteiger partial charge is 0.0224 e. The van der Waals surface area contributed by atoms with Gasteiger partial charge in [0, 0.05) is 12.6 Å². The van der Waals surface area contributed by atoms with Crippen LogP contribution in [0, 0.1) is 0 Å². The van der Waals surface area contributed by atoms with E-state index >= 15 is 0 Å². The van der Waals surface area contributed by atoms with Crippen molar-refractivity contribution >= 4 is 0 Å². The Bertz CT molecular complexity index is 66.5. The van der Waals surface area contributed by atoms with Crippen molar-refractivity contribution < 1.29 is 4.70 Å². The highest BCUT2D eigenvalue weighted by molar-refractivity contribution is 4.94. The van der Waals surface area contributed by atoms with E-state index in [1.54, 1.807) is 0 Å². The van der Waals surface area contributed by atoms with Crippen LogP contribution in [0.2, 0.25) is 0 Å². The van der Waals surface area contributed by atoms with E-state index in [2.05, 4.69) is 4.90 Å². The molecule has 2 heteroatoms. The van der Waals surface area contributed by atoms with Gasteiger partial charge in [-0.3, -0.25) is 9.60 Å². The highest BCUT2D eigenvalue weighted by atomic mass is 19.0. The van der Waals surface area contributed by atoms with Gasteiger partial charge in [0.05, 0.1) is 0 Å². The van der Waals surface area contributed by atoms with Crippen molar-refractivity contribution in [2.45, 2.75) is 18.9 Å². The zero-order valence-corrected chi connectivity index (χ0v) is 4.26. The molecule has 0 aromatic rings. The Morgan fingerprint density at radius 2 is 2.29 bits per heavy atom. The van der Waals surface area contributed by atoms with Crippen molar-refractivity contribution in [1.29, 1.82) is 0 Å². The van der Waals surface area contributed by atoms with Crippen LogP contribution in [0.15, 0.2) is 0 Å². The zero-order valence-electron chi connectivity index (χ0n) is 4.26.